The molecule has 9 nitrogen and oxygen atoms in total. The zero-order valence-corrected chi connectivity index (χ0v) is 20.9. The molecule has 0 fully saturated rings. The summed E-state index contributed by atoms with van der Waals surface area (Å²) in [6.45, 7) is 7.13. The molecule has 3 N–H and O–H groups in total. The van der Waals surface area contributed by atoms with Gasteiger partial charge in [-0.25, -0.2) is 18.7 Å². The number of hydrogen-bond acceptors (Lipinski definition) is 7. The van der Waals surface area contributed by atoms with Gasteiger partial charge in [0, 0.05) is 37.3 Å². The highest BCUT2D eigenvalue weighted by Gasteiger charge is 2.23. The number of carbonyl (C=O) groups is 1. The first kappa shape index (κ1) is 25.4. The molecule has 0 bridgehead atoms. The molecule has 0 unspecified atom stereocenters. The van der Waals surface area contributed by atoms with Crippen LogP contribution in [0.1, 0.15) is 61.1 Å². The standard InChI is InChI=1S/C25H29F2N7O2/c1-13-9-19(29-12-17(13)25(3,4)36)23(35)33(5)14(2)7-6-8-20-30-22-16-10-15(26)11-18(27)21(16)31-24(28)34(22)32-20/h9-12,14,36H,6-8H2,1-5H3,(H2,28,31)/t14-/m0/s1. The zero-order chi connectivity index (χ0) is 26.4. The molecule has 0 aliphatic carbocycles. The SMILES string of the molecule is Cc1cc(C(=O)N(C)[C@@H](C)CCCc2nc3c4cc(F)cc(F)c4nc(N)n3n2)ncc1C(C)(C)O. The summed E-state index contributed by atoms with van der Waals surface area (Å²) < 4.78 is 29.2. The first-order chi connectivity index (χ1) is 16.9. The summed E-state index contributed by atoms with van der Waals surface area (Å²) in [4.78, 5) is 27.3. The molecule has 1 aromatic carbocycles. The largest absolute Gasteiger partial charge is 0.386 e. The number of nitrogens with zero attached hydrogens (tertiary/aromatic N) is 6. The van der Waals surface area contributed by atoms with Crippen molar-refractivity contribution < 1.29 is 18.7 Å². The van der Waals surface area contributed by atoms with Gasteiger partial charge in [0.2, 0.25) is 5.95 Å². The van der Waals surface area contributed by atoms with Gasteiger partial charge >= 0.3 is 0 Å². The number of nitrogen functional groups attached to an aromatic ring is 1. The molecule has 1 atom stereocenters. The van der Waals surface area contributed by atoms with Gasteiger partial charge in [0.25, 0.3) is 5.91 Å². The van der Waals surface area contributed by atoms with Gasteiger partial charge in [-0.3, -0.25) is 9.78 Å². The van der Waals surface area contributed by atoms with Crippen LogP contribution in [0.4, 0.5) is 14.7 Å². The van der Waals surface area contributed by atoms with Gasteiger partial charge in [0.05, 0.1) is 11.0 Å². The highest BCUT2D eigenvalue weighted by Crippen LogP contribution is 2.25. The van der Waals surface area contributed by atoms with Crippen LogP contribution < -0.4 is 5.73 Å². The number of aliphatic hydroxyl groups is 1. The van der Waals surface area contributed by atoms with E-state index in [0.717, 1.165) is 17.7 Å². The van der Waals surface area contributed by atoms with Crippen LogP contribution in [0.5, 0.6) is 0 Å². The van der Waals surface area contributed by atoms with Crippen LogP contribution in [0.2, 0.25) is 0 Å². The van der Waals surface area contributed by atoms with Gasteiger partial charge < -0.3 is 15.7 Å². The third kappa shape index (κ3) is 4.83. The molecular formula is C25H29F2N7O2. The van der Waals surface area contributed by atoms with Crippen molar-refractivity contribution >= 4 is 28.4 Å². The molecule has 190 valence electrons. The first-order valence-electron chi connectivity index (χ1n) is 11.6. The Bertz CT molecular complexity index is 1460. The lowest BCUT2D eigenvalue weighted by atomic mass is 9.95. The summed E-state index contributed by atoms with van der Waals surface area (Å²) >= 11 is 0. The Labute approximate surface area is 207 Å². The number of aromatic nitrogens is 5. The molecule has 0 radical (unpaired) electrons. The number of hydrogen-bond donors (Lipinski definition) is 2. The van der Waals surface area contributed by atoms with E-state index in [1.165, 1.54) is 10.7 Å². The van der Waals surface area contributed by atoms with Crippen LogP contribution >= 0.6 is 0 Å². The maximum Gasteiger partial charge on any atom is 0.272 e. The summed E-state index contributed by atoms with van der Waals surface area (Å²) in [6, 6.07) is 3.50. The van der Waals surface area contributed by atoms with Gasteiger partial charge in [-0.05, 0) is 58.2 Å². The van der Waals surface area contributed by atoms with E-state index >= 15 is 0 Å². The van der Waals surface area contributed by atoms with E-state index in [4.69, 9.17) is 5.73 Å². The van der Waals surface area contributed by atoms with Crippen molar-refractivity contribution in [2.45, 2.75) is 58.6 Å². The van der Waals surface area contributed by atoms with Crippen LogP contribution in [0.3, 0.4) is 0 Å². The number of pyridine rings is 1. The van der Waals surface area contributed by atoms with E-state index in [2.05, 4.69) is 20.1 Å². The number of anilines is 1. The van der Waals surface area contributed by atoms with Gasteiger partial charge in [-0.1, -0.05) is 0 Å². The highest BCUT2D eigenvalue weighted by molar-refractivity contribution is 5.93. The fraction of sp³-hybridized carbons (Fsp3) is 0.400. The molecule has 3 aromatic heterocycles. The van der Waals surface area contributed by atoms with Gasteiger partial charge in [0.1, 0.15) is 17.0 Å². The predicted octanol–water partition coefficient (Wildman–Crippen LogP) is 3.55. The van der Waals surface area contributed by atoms with Crippen molar-refractivity contribution in [3.05, 3.63) is 58.7 Å². The Morgan fingerprint density at radius 2 is 1.97 bits per heavy atom. The molecular weight excluding hydrogens is 468 g/mol. The second-order valence-corrected chi connectivity index (χ2v) is 9.62. The minimum Gasteiger partial charge on any atom is -0.386 e. The minimum atomic E-state index is -1.04. The molecule has 3 heterocycles. The number of aryl methyl sites for hydroxylation is 2. The van der Waals surface area contributed by atoms with E-state index < -0.39 is 17.2 Å². The number of rotatable bonds is 7. The van der Waals surface area contributed by atoms with Crippen LogP contribution in [0.25, 0.3) is 16.6 Å². The molecule has 4 rings (SSSR count). The summed E-state index contributed by atoms with van der Waals surface area (Å²) in [5, 5.41) is 14.8. The van der Waals surface area contributed by atoms with Crippen molar-refractivity contribution in [1.82, 2.24) is 29.5 Å². The van der Waals surface area contributed by atoms with Crippen molar-refractivity contribution in [2.24, 2.45) is 0 Å². The van der Waals surface area contributed by atoms with Crippen molar-refractivity contribution in [3.63, 3.8) is 0 Å². The van der Waals surface area contributed by atoms with Crippen molar-refractivity contribution in [3.8, 4) is 0 Å². The first-order valence-corrected chi connectivity index (χ1v) is 11.6. The average molecular weight is 498 g/mol. The Hall–Kier alpha value is -3.73. The summed E-state index contributed by atoms with van der Waals surface area (Å²) in [5.74, 6) is -1.35. The predicted molar refractivity (Wildman–Crippen MR) is 131 cm³/mol. The quantitative estimate of drug-likeness (QED) is 0.400. The summed E-state index contributed by atoms with van der Waals surface area (Å²) in [7, 11) is 1.72. The van der Waals surface area contributed by atoms with E-state index in [1.807, 2.05) is 13.8 Å². The zero-order valence-electron chi connectivity index (χ0n) is 20.9. The molecule has 0 saturated carbocycles. The number of nitrogens with two attached hydrogens (primary N) is 1. The minimum absolute atomic E-state index is 0.0427. The van der Waals surface area contributed by atoms with Gasteiger partial charge in [0.15, 0.2) is 17.3 Å². The number of carbonyl (C=O) groups excluding carboxylic acids is 1. The normalized spacial score (nSPS) is 12.9. The van der Waals surface area contributed by atoms with Gasteiger partial charge in [-0.15, -0.1) is 5.10 Å². The van der Waals surface area contributed by atoms with Crippen LogP contribution in [0.15, 0.2) is 24.4 Å². The smallest absolute Gasteiger partial charge is 0.272 e. The topological polar surface area (TPSA) is 123 Å². The Morgan fingerprint density at radius 3 is 2.64 bits per heavy atom. The lowest BCUT2D eigenvalue weighted by Crippen LogP contribution is -2.35. The van der Waals surface area contributed by atoms with Crippen LogP contribution in [0, 0.1) is 18.6 Å². The van der Waals surface area contributed by atoms with E-state index in [1.54, 1.807) is 31.9 Å². The molecule has 4 aromatic rings. The molecule has 1 amide bonds. The van der Waals surface area contributed by atoms with Crippen molar-refractivity contribution in [1.29, 1.82) is 0 Å². The highest BCUT2D eigenvalue weighted by atomic mass is 19.1. The lowest BCUT2D eigenvalue weighted by molar-refractivity contribution is 0.0718. The Balaban J connectivity index is 1.44. The average Bonchev–Trinajstić information content (AvgIpc) is 3.23. The van der Waals surface area contributed by atoms with Crippen molar-refractivity contribution in [2.75, 3.05) is 12.8 Å². The molecule has 0 saturated heterocycles. The second kappa shape index (κ2) is 9.38. The molecule has 0 aliphatic heterocycles. The molecule has 36 heavy (non-hydrogen) atoms. The van der Waals surface area contributed by atoms with Crippen LogP contribution in [-0.4, -0.2) is 53.6 Å². The molecule has 0 spiro atoms. The lowest BCUT2D eigenvalue weighted by Gasteiger charge is -2.25. The monoisotopic (exact) mass is 497 g/mol. The Morgan fingerprint density at radius 1 is 1.25 bits per heavy atom. The third-order valence-electron chi connectivity index (χ3n) is 6.36. The van der Waals surface area contributed by atoms with Gasteiger partial charge in [-0.2, -0.15) is 4.52 Å². The maximum atomic E-state index is 14.1. The number of amides is 1. The number of halogens is 2. The van der Waals surface area contributed by atoms with E-state index in [-0.39, 0.29) is 34.4 Å². The number of fused-ring (bicyclic) bond motifs is 3. The molecule has 0 aliphatic rings. The second-order valence-electron chi connectivity index (χ2n) is 9.62. The Kier molecular flexibility index (Phi) is 6.61. The van der Waals surface area contributed by atoms with E-state index in [0.29, 0.717) is 36.3 Å². The fourth-order valence-corrected chi connectivity index (χ4v) is 4.25. The molecule has 11 heteroatoms. The van der Waals surface area contributed by atoms with E-state index in [9.17, 15) is 18.7 Å². The summed E-state index contributed by atoms with van der Waals surface area (Å²) in [5.41, 5.74) is 6.82. The summed E-state index contributed by atoms with van der Waals surface area (Å²) in [6.07, 6.45) is 3.34. The number of benzene rings is 1. The fourth-order valence-electron chi connectivity index (χ4n) is 4.25. The maximum absolute atomic E-state index is 14.1. The third-order valence-corrected chi connectivity index (χ3v) is 6.36. The van der Waals surface area contributed by atoms with Crippen LogP contribution in [-0.2, 0) is 12.0 Å².